The van der Waals surface area contributed by atoms with Crippen molar-refractivity contribution in [3.8, 4) is 0 Å². The molecule has 6 heteroatoms. The van der Waals surface area contributed by atoms with Gasteiger partial charge in [0.25, 0.3) is 5.69 Å². The summed E-state index contributed by atoms with van der Waals surface area (Å²) < 4.78 is 0. The third-order valence-electron chi connectivity index (χ3n) is 3.49. The number of carbonyl (C=O) groups is 1. The number of nitro benzene ring substituents is 1. The van der Waals surface area contributed by atoms with Crippen LogP contribution in [0, 0.1) is 10.1 Å². The van der Waals surface area contributed by atoms with Crippen LogP contribution in [0.1, 0.15) is 25.3 Å². The zero-order chi connectivity index (χ0) is 14.5. The van der Waals surface area contributed by atoms with Gasteiger partial charge in [0, 0.05) is 43.7 Å². The molecule has 1 N–H and O–H groups in total. The molecule has 0 saturated carbocycles. The number of hydrogen-bond acceptors (Lipinski definition) is 4. The Morgan fingerprint density at radius 1 is 1.45 bits per heavy atom. The van der Waals surface area contributed by atoms with Crippen LogP contribution in [0.25, 0.3) is 0 Å². The van der Waals surface area contributed by atoms with Gasteiger partial charge in [-0.3, -0.25) is 14.9 Å². The number of rotatable bonds is 6. The Kier molecular flexibility index (Phi) is 4.68. The van der Waals surface area contributed by atoms with E-state index < -0.39 is 0 Å². The predicted molar refractivity (Wildman–Crippen MR) is 75.2 cm³/mol. The second-order valence-corrected chi connectivity index (χ2v) is 5.11. The molecule has 0 spiro atoms. The highest BCUT2D eigenvalue weighted by Crippen LogP contribution is 2.17. The second kappa shape index (κ2) is 6.47. The highest BCUT2D eigenvalue weighted by molar-refractivity contribution is 5.78. The fraction of sp³-hybridized carbons (Fsp3) is 0.500. The van der Waals surface area contributed by atoms with E-state index in [2.05, 4.69) is 5.32 Å². The Morgan fingerprint density at radius 3 is 2.85 bits per heavy atom. The van der Waals surface area contributed by atoms with Crippen molar-refractivity contribution in [2.24, 2.45) is 0 Å². The summed E-state index contributed by atoms with van der Waals surface area (Å²) in [5, 5.41) is 14.2. The van der Waals surface area contributed by atoms with Crippen molar-refractivity contribution < 1.29 is 9.72 Å². The summed E-state index contributed by atoms with van der Waals surface area (Å²) >= 11 is 0. The van der Waals surface area contributed by atoms with E-state index in [4.69, 9.17) is 0 Å². The maximum atomic E-state index is 11.5. The molecule has 1 aromatic rings. The van der Waals surface area contributed by atoms with Gasteiger partial charge in [-0.1, -0.05) is 18.2 Å². The smallest absolute Gasteiger partial charge is 0.273 e. The molecule has 1 amide bonds. The third-order valence-corrected chi connectivity index (χ3v) is 3.49. The van der Waals surface area contributed by atoms with Crippen molar-refractivity contribution in [3.05, 3.63) is 39.9 Å². The lowest BCUT2D eigenvalue weighted by Gasteiger charge is -2.21. The topological polar surface area (TPSA) is 75.5 Å². The molecule has 20 heavy (non-hydrogen) atoms. The molecule has 2 rings (SSSR count). The Labute approximate surface area is 117 Å². The Hall–Kier alpha value is -1.95. The summed E-state index contributed by atoms with van der Waals surface area (Å²) in [6, 6.07) is 6.81. The van der Waals surface area contributed by atoms with Gasteiger partial charge in [0.1, 0.15) is 0 Å². The molecule has 1 unspecified atom stereocenters. The van der Waals surface area contributed by atoms with E-state index in [1.807, 2.05) is 11.8 Å². The summed E-state index contributed by atoms with van der Waals surface area (Å²) in [6.45, 7) is 3.89. The highest BCUT2D eigenvalue weighted by atomic mass is 16.6. The summed E-state index contributed by atoms with van der Waals surface area (Å²) in [4.78, 5) is 23.9. The van der Waals surface area contributed by atoms with Gasteiger partial charge in [-0.05, 0) is 13.3 Å². The van der Waals surface area contributed by atoms with Gasteiger partial charge in [-0.2, -0.15) is 0 Å². The molecule has 1 aliphatic rings. The maximum absolute atomic E-state index is 11.5. The van der Waals surface area contributed by atoms with Gasteiger partial charge < -0.3 is 10.2 Å². The molecular weight excluding hydrogens is 258 g/mol. The van der Waals surface area contributed by atoms with Crippen molar-refractivity contribution >= 4 is 11.6 Å². The quantitative estimate of drug-likeness (QED) is 0.634. The molecule has 0 bridgehead atoms. The largest absolute Gasteiger partial charge is 0.341 e. The van der Waals surface area contributed by atoms with E-state index in [9.17, 15) is 14.9 Å². The van der Waals surface area contributed by atoms with Crippen LogP contribution in [0.15, 0.2) is 24.3 Å². The van der Waals surface area contributed by atoms with Crippen LogP contribution >= 0.6 is 0 Å². The lowest BCUT2D eigenvalue weighted by Crippen LogP contribution is -2.39. The molecule has 1 heterocycles. The average Bonchev–Trinajstić information content (AvgIpc) is 2.82. The van der Waals surface area contributed by atoms with Crippen molar-refractivity contribution in [2.75, 3.05) is 13.1 Å². The van der Waals surface area contributed by atoms with E-state index in [1.165, 1.54) is 6.07 Å². The van der Waals surface area contributed by atoms with Gasteiger partial charge in [-0.15, -0.1) is 0 Å². The summed E-state index contributed by atoms with van der Waals surface area (Å²) in [7, 11) is 0. The monoisotopic (exact) mass is 277 g/mol. The Bertz CT molecular complexity index is 504. The average molecular weight is 277 g/mol. The van der Waals surface area contributed by atoms with Gasteiger partial charge in [0.05, 0.1) is 4.92 Å². The minimum atomic E-state index is -0.369. The first-order chi connectivity index (χ1) is 9.58. The number of benzene rings is 1. The molecule has 108 valence electrons. The molecule has 0 aromatic heterocycles. The first-order valence-electron chi connectivity index (χ1n) is 6.81. The van der Waals surface area contributed by atoms with E-state index >= 15 is 0 Å². The number of carbonyl (C=O) groups excluding carboxylic acids is 1. The molecule has 1 fully saturated rings. The SMILES string of the molecule is CC(CN1CCCC1=O)NCc1ccccc1[N+](=O)[O-]. The molecule has 1 aliphatic heterocycles. The van der Waals surface area contributed by atoms with Gasteiger partial charge in [-0.25, -0.2) is 0 Å². The molecule has 1 atom stereocenters. The van der Waals surface area contributed by atoms with Gasteiger partial charge in [0.15, 0.2) is 0 Å². The van der Waals surface area contributed by atoms with Gasteiger partial charge in [0.2, 0.25) is 5.91 Å². The second-order valence-electron chi connectivity index (χ2n) is 5.11. The molecule has 6 nitrogen and oxygen atoms in total. The zero-order valence-corrected chi connectivity index (χ0v) is 11.5. The van der Waals surface area contributed by atoms with Crippen molar-refractivity contribution in [1.82, 2.24) is 10.2 Å². The van der Waals surface area contributed by atoms with E-state index in [-0.39, 0.29) is 22.6 Å². The lowest BCUT2D eigenvalue weighted by atomic mass is 10.1. The minimum Gasteiger partial charge on any atom is -0.341 e. The number of hydrogen-bond donors (Lipinski definition) is 1. The van der Waals surface area contributed by atoms with Crippen LogP contribution in [-0.2, 0) is 11.3 Å². The van der Waals surface area contributed by atoms with Crippen LogP contribution in [0.4, 0.5) is 5.69 Å². The first kappa shape index (κ1) is 14.5. The normalized spacial score (nSPS) is 16.4. The molecule has 0 radical (unpaired) electrons. The number of likely N-dealkylation sites (tertiary alicyclic amines) is 1. The van der Waals surface area contributed by atoms with Crippen molar-refractivity contribution in [3.63, 3.8) is 0 Å². The van der Waals surface area contributed by atoms with Gasteiger partial charge >= 0.3 is 0 Å². The van der Waals surface area contributed by atoms with E-state index in [0.29, 0.717) is 25.1 Å². The fourth-order valence-corrected chi connectivity index (χ4v) is 2.41. The molecule has 0 aliphatic carbocycles. The lowest BCUT2D eigenvalue weighted by molar-refractivity contribution is -0.385. The van der Waals surface area contributed by atoms with Crippen LogP contribution in [0.3, 0.4) is 0 Å². The zero-order valence-electron chi connectivity index (χ0n) is 11.5. The minimum absolute atomic E-state index is 0.108. The van der Waals surface area contributed by atoms with Crippen LogP contribution in [-0.4, -0.2) is 34.9 Å². The molecule has 1 saturated heterocycles. The Morgan fingerprint density at radius 2 is 2.20 bits per heavy atom. The van der Waals surface area contributed by atoms with Crippen LogP contribution in [0.5, 0.6) is 0 Å². The fourth-order valence-electron chi connectivity index (χ4n) is 2.41. The summed E-state index contributed by atoms with van der Waals surface area (Å²) in [5.41, 5.74) is 0.793. The standard InChI is InChI=1S/C14H19N3O3/c1-11(10-16-8-4-7-14(16)18)15-9-12-5-2-3-6-13(12)17(19)20/h2-3,5-6,11,15H,4,7-10H2,1H3. The number of nitrogens with zero attached hydrogens (tertiary/aromatic N) is 2. The maximum Gasteiger partial charge on any atom is 0.273 e. The summed E-state index contributed by atoms with van der Waals surface area (Å²) in [6.07, 6.45) is 1.56. The summed E-state index contributed by atoms with van der Waals surface area (Å²) in [5.74, 6) is 0.198. The van der Waals surface area contributed by atoms with Crippen LogP contribution in [0.2, 0.25) is 0 Å². The molecule has 1 aromatic carbocycles. The first-order valence-corrected chi connectivity index (χ1v) is 6.81. The van der Waals surface area contributed by atoms with Crippen molar-refractivity contribution in [1.29, 1.82) is 0 Å². The van der Waals surface area contributed by atoms with E-state index in [1.54, 1.807) is 18.2 Å². The number of nitro groups is 1. The third kappa shape index (κ3) is 3.54. The van der Waals surface area contributed by atoms with E-state index in [0.717, 1.165) is 13.0 Å². The number of para-hydroxylation sites is 1. The van der Waals surface area contributed by atoms with Crippen molar-refractivity contribution in [2.45, 2.75) is 32.4 Å². The van der Waals surface area contributed by atoms with Crippen LogP contribution < -0.4 is 5.32 Å². The predicted octanol–water partition coefficient (Wildman–Crippen LogP) is 1.70. The number of amides is 1. The highest BCUT2D eigenvalue weighted by Gasteiger charge is 2.21. The number of nitrogens with one attached hydrogen (secondary N) is 1. The molecular formula is C14H19N3O3. The Balaban J connectivity index is 1.88.